The van der Waals surface area contributed by atoms with Gasteiger partial charge in [0.1, 0.15) is 0 Å². The van der Waals surface area contributed by atoms with Crippen LogP contribution in [0.3, 0.4) is 0 Å². The summed E-state index contributed by atoms with van der Waals surface area (Å²) in [6.07, 6.45) is 2.04. The summed E-state index contributed by atoms with van der Waals surface area (Å²) in [6, 6.07) is 6.61. The lowest BCUT2D eigenvalue weighted by molar-refractivity contribution is 0.222. The highest BCUT2D eigenvalue weighted by Crippen LogP contribution is 2.15. The van der Waals surface area contributed by atoms with Crippen molar-refractivity contribution in [1.82, 2.24) is 0 Å². The van der Waals surface area contributed by atoms with Gasteiger partial charge in [-0.2, -0.15) is 0 Å². The van der Waals surface area contributed by atoms with Crippen molar-refractivity contribution in [2.24, 2.45) is 5.92 Å². The van der Waals surface area contributed by atoms with Gasteiger partial charge in [-0.05, 0) is 31.7 Å². The van der Waals surface area contributed by atoms with Crippen molar-refractivity contribution in [1.29, 1.82) is 0 Å². The zero-order valence-corrected chi connectivity index (χ0v) is 9.38. The zero-order valence-electron chi connectivity index (χ0n) is 9.38. The molecule has 0 radical (unpaired) electrons. The molecule has 1 aromatic rings. The number of hydrogen-bond acceptors (Lipinski definition) is 1. The van der Waals surface area contributed by atoms with Gasteiger partial charge in [-0.1, -0.05) is 42.7 Å². The lowest BCUT2D eigenvalue weighted by Gasteiger charge is -2.12. The number of aryl methyl sites for hydroxylation is 2. The van der Waals surface area contributed by atoms with Crippen molar-refractivity contribution < 1.29 is 5.11 Å². The van der Waals surface area contributed by atoms with Crippen molar-refractivity contribution >= 4 is 0 Å². The van der Waals surface area contributed by atoms with E-state index in [1.54, 1.807) is 0 Å². The van der Waals surface area contributed by atoms with Crippen molar-refractivity contribution in [3.63, 3.8) is 0 Å². The first-order valence-corrected chi connectivity index (χ1v) is 5.33. The van der Waals surface area contributed by atoms with Crippen molar-refractivity contribution in [2.45, 2.75) is 33.6 Å². The maximum Gasteiger partial charge on any atom is 0.0462 e. The monoisotopic (exact) mass is 192 g/mol. The van der Waals surface area contributed by atoms with E-state index in [0.29, 0.717) is 12.5 Å². The molecule has 1 atom stereocenters. The van der Waals surface area contributed by atoms with E-state index in [1.807, 2.05) is 0 Å². The first-order valence-electron chi connectivity index (χ1n) is 5.33. The minimum atomic E-state index is 0.295. The Morgan fingerprint density at radius 3 is 2.14 bits per heavy atom. The Labute approximate surface area is 86.8 Å². The molecule has 0 bridgehead atoms. The lowest BCUT2D eigenvalue weighted by atomic mass is 9.95. The Morgan fingerprint density at radius 2 is 1.71 bits per heavy atom. The van der Waals surface area contributed by atoms with E-state index >= 15 is 0 Å². The molecule has 1 rings (SSSR count). The summed E-state index contributed by atoms with van der Waals surface area (Å²) in [5.74, 6) is 0.413. The third-order valence-electron chi connectivity index (χ3n) is 2.64. The van der Waals surface area contributed by atoms with Gasteiger partial charge in [-0.25, -0.2) is 0 Å². The summed E-state index contributed by atoms with van der Waals surface area (Å²) < 4.78 is 0. The molecule has 0 saturated heterocycles. The van der Waals surface area contributed by atoms with Gasteiger partial charge in [-0.3, -0.25) is 0 Å². The topological polar surface area (TPSA) is 20.2 Å². The Bertz CT molecular complexity index is 267. The number of rotatable bonds is 4. The van der Waals surface area contributed by atoms with Gasteiger partial charge in [0.05, 0.1) is 0 Å². The van der Waals surface area contributed by atoms with Crippen LogP contribution < -0.4 is 0 Å². The van der Waals surface area contributed by atoms with E-state index in [0.717, 1.165) is 12.8 Å². The second-order valence-corrected chi connectivity index (χ2v) is 4.16. The smallest absolute Gasteiger partial charge is 0.0462 e. The first-order chi connectivity index (χ1) is 6.65. The molecule has 1 unspecified atom stereocenters. The number of aliphatic hydroxyl groups excluding tert-OH is 1. The van der Waals surface area contributed by atoms with E-state index < -0.39 is 0 Å². The molecular weight excluding hydrogens is 172 g/mol. The van der Waals surface area contributed by atoms with Gasteiger partial charge in [0.15, 0.2) is 0 Å². The molecule has 0 saturated carbocycles. The molecular formula is C13H20O. The zero-order chi connectivity index (χ0) is 10.6. The molecule has 1 aromatic carbocycles. The van der Waals surface area contributed by atoms with Gasteiger partial charge in [-0.15, -0.1) is 0 Å². The SMILES string of the molecule is CCC(CO)Cc1cc(C)cc(C)c1. The predicted octanol–water partition coefficient (Wildman–Crippen LogP) is 2.86. The van der Waals surface area contributed by atoms with Crippen LogP contribution in [0.15, 0.2) is 18.2 Å². The van der Waals surface area contributed by atoms with E-state index in [-0.39, 0.29) is 0 Å². The molecule has 0 aliphatic heterocycles. The fourth-order valence-corrected chi connectivity index (χ4v) is 1.86. The first kappa shape index (κ1) is 11.3. The number of benzene rings is 1. The summed E-state index contributed by atoms with van der Waals surface area (Å²) in [6.45, 7) is 6.67. The molecule has 1 N–H and O–H groups in total. The normalized spacial score (nSPS) is 12.9. The van der Waals surface area contributed by atoms with E-state index in [4.69, 9.17) is 5.11 Å². The Morgan fingerprint density at radius 1 is 1.14 bits per heavy atom. The summed E-state index contributed by atoms with van der Waals surface area (Å²) in [7, 11) is 0. The molecule has 0 fully saturated rings. The van der Waals surface area contributed by atoms with Gasteiger partial charge < -0.3 is 5.11 Å². The Hall–Kier alpha value is -0.820. The minimum Gasteiger partial charge on any atom is -0.396 e. The molecule has 1 heteroatoms. The standard InChI is InChI=1S/C13H20O/c1-4-12(9-14)8-13-6-10(2)5-11(3)7-13/h5-7,12,14H,4,8-9H2,1-3H3. The van der Waals surface area contributed by atoms with Crippen LogP contribution >= 0.6 is 0 Å². The maximum atomic E-state index is 9.13. The fraction of sp³-hybridized carbons (Fsp3) is 0.538. The van der Waals surface area contributed by atoms with Crippen LogP contribution in [0.25, 0.3) is 0 Å². The van der Waals surface area contributed by atoms with E-state index in [1.165, 1.54) is 16.7 Å². The lowest BCUT2D eigenvalue weighted by Crippen LogP contribution is -2.08. The average molecular weight is 192 g/mol. The van der Waals surface area contributed by atoms with Gasteiger partial charge in [0, 0.05) is 6.61 Å². The molecule has 14 heavy (non-hydrogen) atoms. The molecule has 0 aromatic heterocycles. The van der Waals surface area contributed by atoms with Crippen molar-refractivity contribution in [2.75, 3.05) is 6.61 Å². The molecule has 1 nitrogen and oxygen atoms in total. The summed E-state index contributed by atoms with van der Waals surface area (Å²) in [4.78, 5) is 0. The minimum absolute atomic E-state index is 0.295. The average Bonchev–Trinajstić information content (AvgIpc) is 2.12. The van der Waals surface area contributed by atoms with Gasteiger partial charge >= 0.3 is 0 Å². The van der Waals surface area contributed by atoms with Crippen LogP contribution in [-0.2, 0) is 6.42 Å². The number of hydrogen-bond donors (Lipinski definition) is 1. The second-order valence-electron chi connectivity index (χ2n) is 4.16. The fourth-order valence-electron chi connectivity index (χ4n) is 1.86. The van der Waals surface area contributed by atoms with E-state index in [2.05, 4.69) is 39.0 Å². The van der Waals surface area contributed by atoms with Crippen LogP contribution in [0.2, 0.25) is 0 Å². The Kier molecular flexibility index (Phi) is 4.15. The van der Waals surface area contributed by atoms with Crippen LogP contribution in [-0.4, -0.2) is 11.7 Å². The largest absolute Gasteiger partial charge is 0.396 e. The second kappa shape index (κ2) is 5.16. The van der Waals surface area contributed by atoms with Crippen LogP contribution in [0.4, 0.5) is 0 Å². The van der Waals surface area contributed by atoms with Crippen LogP contribution in [0.5, 0.6) is 0 Å². The molecule has 0 aliphatic rings. The van der Waals surface area contributed by atoms with Crippen LogP contribution in [0.1, 0.15) is 30.0 Å². The molecule has 0 heterocycles. The van der Waals surface area contributed by atoms with Gasteiger partial charge in [0.25, 0.3) is 0 Å². The van der Waals surface area contributed by atoms with Crippen LogP contribution in [0, 0.1) is 19.8 Å². The quantitative estimate of drug-likeness (QED) is 0.777. The third kappa shape index (κ3) is 3.15. The molecule has 0 aliphatic carbocycles. The van der Waals surface area contributed by atoms with Gasteiger partial charge in [0.2, 0.25) is 0 Å². The Balaban J connectivity index is 2.75. The summed E-state index contributed by atoms with van der Waals surface area (Å²) in [5.41, 5.74) is 3.98. The molecule has 78 valence electrons. The molecule has 0 spiro atoms. The summed E-state index contributed by atoms with van der Waals surface area (Å²) in [5, 5.41) is 9.13. The summed E-state index contributed by atoms with van der Waals surface area (Å²) >= 11 is 0. The maximum absolute atomic E-state index is 9.13. The highest BCUT2D eigenvalue weighted by molar-refractivity contribution is 5.28. The van der Waals surface area contributed by atoms with Crippen molar-refractivity contribution in [3.05, 3.63) is 34.9 Å². The predicted molar refractivity (Wildman–Crippen MR) is 60.5 cm³/mol. The van der Waals surface area contributed by atoms with Crippen molar-refractivity contribution in [3.8, 4) is 0 Å². The highest BCUT2D eigenvalue weighted by atomic mass is 16.3. The third-order valence-corrected chi connectivity index (χ3v) is 2.64. The molecule has 0 amide bonds. The van der Waals surface area contributed by atoms with E-state index in [9.17, 15) is 0 Å². The highest BCUT2D eigenvalue weighted by Gasteiger charge is 2.06. The number of aliphatic hydroxyl groups is 1.